The Morgan fingerprint density at radius 3 is 1.97 bits per heavy atom. The highest BCUT2D eigenvalue weighted by molar-refractivity contribution is 5.90. The number of alkyl halides is 3. The van der Waals surface area contributed by atoms with Gasteiger partial charge in [-0.1, -0.05) is 50.2 Å². The van der Waals surface area contributed by atoms with Crippen molar-refractivity contribution in [3.8, 4) is 17.3 Å². The Morgan fingerprint density at radius 1 is 1.03 bits per heavy atom. The van der Waals surface area contributed by atoms with Gasteiger partial charge in [-0.2, -0.15) is 18.4 Å². The van der Waals surface area contributed by atoms with Crippen molar-refractivity contribution >= 4 is 12.0 Å². The van der Waals surface area contributed by atoms with Gasteiger partial charge in [-0.15, -0.1) is 0 Å². The van der Waals surface area contributed by atoms with Crippen LogP contribution in [0, 0.1) is 17.4 Å². The molecule has 0 saturated carbocycles. The number of amides is 2. The molecule has 0 saturated heterocycles. The molecule has 0 radical (unpaired) electrons. The summed E-state index contributed by atoms with van der Waals surface area (Å²) < 4.78 is 47.1. The molecule has 0 aromatic heterocycles. The van der Waals surface area contributed by atoms with Crippen LogP contribution in [0.15, 0.2) is 48.5 Å². The molecule has 2 aromatic carbocycles. The topological polar surface area (TPSA) is 73.6 Å². The van der Waals surface area contributed by atoms with Crippen molar-refractivity contribution in [1.82, 2.24) is 9.80 Å². The summed E-state index contributed by atoms with van der Waals surface area (Å²) in [6.45, 7) is 3.54. The van der Waals surface area contributed by atoms with Gasteiger partial charge >= 0.3 is 18.2 Å². The van der Waals surface area contributed by atoms with Crippen LogP contribution in [0.25, 0.3) is 11.1 Å². The van der Waals surface area contributed by atoms with Gasteiger partial charge < -0.3 is 9.64 Å². The van der Waals surface area contributed by atoms with E-state index in [0.29, 0.717) is 32.9 Å². The SMILES string of the molecule is COC(=O)c1ccc(-c2ccc(C(N(CCC(C)C)C(=O)N(C)C#N)C(F)(F)F)cc2)cc1. The van der Waals surface area contributed by atoms with Gasteiger partial charge in [-0.05, 0) is 41.2 Å². The average Bonchev–Trinajstić information content (AvgIpc) is 2.79. The summed E-state index contributed by atoms with van der Waals surface area (Å²) >= 11 is 0. The lowest BCUT2D eigenvalue weighted by Crippen LogP contribution is -2.47. The summed E-state index contributed by atoms with van der Waals surface area (Å²) in [4.78, 5) is 25.5. The van der Waals surface area contributed by atoms with E-state index in [4.69, 9.17) is 5.26 Å². The Labute approximate surface area is 191 Å². The summed E-state index contributed by atoms with van der Waals surface area (Å²) in [6.07, 6.45) is -2.81. The normalized spacial score (nSPS) is 12.1. The van der Waals surface area contributed by atoms with Crippen molar-refractivity contribution in [2.45, 2.75) is 32.5 Å². The van der Waals surface area contributed by atoms with Gasteiger partial charge in [-0.3, -0.25) is 0 Å². The summed E-state index contributed by atoms with van der Waals surface area (Å²) in [6, 6.07) is 8.97. The first-order valence-corrected chi connectivity index (χ1v) is 10.3. The number of ether oxygens (including phenoxy) is 1. The minimum absolute atomic E-state index is 0.0666. The fourth-order valence-electron chi connectivity index (χ4n) is 3.29. The molecule has 0 N–H and O–H groups in total. The largest absolute Gasteiger partial charge is 0.465 e. The van der Waals surface area contributed by atoms with Crippen molar-refractivity contribution in [2.75, 3.05) is 20.7 Å². The Balaban J connectivity index is 2.41. The maximum absolute atomic E-state index is 14.1. The molecule has 6 nitrogen and oxygen atoms in total. The lowest BCUT2D eigenvalue weighted by atomic mass is 9.98. The monoisotopic (exact) mass is 461 g/mol. The Bertz CT molecular complexity index is 997. The fraction of sp³-hybridized carbons (Fsp3) is 0.375. The van der Waals surface area contributed by atoms with Crippen LogP contribution in [0.5, 0.6) is 0 Å². The van der Waals surface area contributed by atoms with Gasteiger partial charge in [0.15, 0.2) is 12.2 Å². The maximum atomic E-state index is 14.1. The van der Waals surface area contributed by atoms with E-state index in [1.54, 1.807) is 30.5 Å². The number of carbonyl (C=O) groups is 2. The first kappa shape index (κ1) is 25.7. The summed E-state index contributed by atoms with van der Waals surface area (Å²) in [5.41, 5.74) is 1.59. The molecule has 9 heteroatoms. The van der Waals surface area contributed by atoms with Crippen LogP contribution in [0.2, 0.25) is 0 Å². The molecule has 0 aliphatic rings. The average molecular weight is 461 g/mol. The summed E-state index contributed by atoms with van der Waals surface area (Å²) in [5, 5.41) is 9.04. The van der Waals surface area contributed by atoms with Crippen LogP contribution in [0.4, 0.5) is 18.0 Å². The van der Waals surface area contributed by atoms with Gasteiger partial charge in [0.1, 0.15) is 0 Å². The van der Waals surface area contributed by atoms with Crippen LogP contribution in [-0.4, -0.2) is 48.7 Å². The van der Waals surface area contributed by atoms with E-state index in [2.05, 4.69) is 4.74 Å². The molecule has 176 valence electrons. The molecule has 33 heavy (non-hydrogen) atoms. The number of nitrogens with zero attached hydrogens (tertiary/aromatic N) is 3. The van der Waals surface area contributed by atoms with E-state index in [1.165, 1.54) is 31.4 Å². The Morgan fingerprint density at radius 2 is 1.55 bits per heavy atom. The molecule has 2 amide bonds. The number of esters is 1. The number of rotatable bonds is 7. The number of hydrogen-bond donors (Lipinski definition) is 0. The van der Waals surface area contributed by atoms with Crippen molar-refractivity contribution in [3.05, 3.63) is 59.7 Å². The molecule has 0 bridgehead atoms. The van der Waals surface area contributed by atoms with E-state index < -0.39 is 24.2 Å². The number of urea groups is 1. The first-order valence-electron chi connectivity index (χ1n) is 10.3. The number of benzene rings is 2. The van der Waals surface area contributed by atoms with Gasteiger partial charge in [0.25, 0.3) is 0 Å². The van der Waals surface area contributed by atoms with Crippen molar-refractivity contribution in [3.63, 3.8) is 0 Å². The molecule has 2 aromatic rings. The van der Waals surface area contributed by atoms with Gasteiger partial charge in [0.05, 0.1) is 12.7 Å². The van der Waals surface area contributed by atoms with E-state index in [1.807, 2.05) is 13.8 Å². The molecule has 0 aliphatic heterocycles. The lowest BCUT2D eigenvalue weighted by molar-refractivity contribution is -0.179. The van der Waals surface area contributed by atoms with Crippen LogP contribution >= 0.6 is 0 Å². The third-order valence-corrected chi connectivity index (χ3v) is 5.12. The minimum atomic E-state index is -4.74. The predicted molar refractivity (Wildman–Crippen MR) is 117 cm³/mol. The van der Waals surface area contributed by atoms with Crippen molar-refractivity contribution in [1.29, 1.82) is 5.26 Å². The van der Waals surface area contributed by atoms with E-state index in [0.717, 1.165) is 7.05 Å². The van der Waals surface area contributed by atoms with Crippen molar-refractivity contribution in [2.24, 2.45) is 5.92 Å². The fourth-order valence-corrected chi connectivity index (χ4v) is 3.29. The molecule has 1 atom stereocenters. The molecular formula is C24H26F3N3O3. The number of halogens is 3. The van der Waals surface area contributed by atoms with Gasteiger partial charge in [0.2, 0.25) is 0 Å². The molecule has 1 unspecified atom stereocenters. The highest BCUT2D eigenvalue weighted by Crippen LogP contribution is 2.39. The Kier molecular flexibility index (Phi) is 8.46. The summed E-state index contributed by atoms with van der Waals surface area (Å²) in [5.74, 6) is -0.421. The minimum Gasteiger partial charge on any atom is -0.465 e. The van der Waals surface area contributed by atoms with Crippen LogP contribution < -0.4 is 0 Å². The molecule has 0 aliphatic carbocycles. The van der Waals surface area contributed by atoms with Crippen LogP contribution in [0.3, 0.4) is 0 Å². The lowest BCUT2D eigenvalue weighted by Gasteiger charge is -2.35. The van der Waals surface area contributed by atoms with Crippen molar-refractivity contribution < 1.29 is 27.5 Å². The summed E-state index contributed by atoms with van der Waals surface area (Å²) in [7, 11) is 2.41. The van der Waals surface area contributed by atoms with Gasteiger partial charge in [0, 0.05) is 13.6 Å². The smallest absolute Gasteiger partial charge is 0.413 e. The zero-order chi connectivity index (χ0) is 24.8. The first-order chi connectivity index (χ1) is 15.5. The number of hydrogen-bond acceptors (Lipinski definition) is 4. The Hall–Kier alpha value is -3.54. The second kappa shape index (κ2) is 10.9. The predicted octanol–water partition coefficient (Wildman–Crippen LogP) is 5.62. The zero-order valence-electron chi connectivity index (χ0n) is 18.9. The molecule has 0 fully saturated rings. The molecule has 0 spiro atoms. The zero-order valence-corrected chi connectivity index (χ0v) is 18.9. The highest BCUT2D eigenvalue weighted by atomic mass is 19.4. The maximum Gasteiger partial charge on any atom is 0.413 e. The third-order valence-electron chi connectivity index (χ3n) is 5.12. The number of methoxy groups -OCH3 is 1. The van der Waals surface area contributed by atoms with Gasteiger partial charge in [-0.25, -0.2) is 14.5 Å². The number of carbonyl (C=O) groups excluding carboxylic acids is 2. The van der Waals surface area contributed by atoms with Crippen LogP contribution in [0.1, 0.15) is 42.2 Å². The highest BCUT2D eigenvalue weighted by Gasteiger charge is 2.47. The second-order valence-electron chi connectivity index (χ2n) is 7.95. The van der Waals surface area contributed by atoms with E-state index in [9.17, 15) is 22.8 Å². The quantitative estimate of drug-likeness (QED) is 0.305. The standard InChI is InChI=1S/C24H26F3N3O3/c1-16(2)13-14-30(23(32)29(3)15-28)21(24(25,26)27)19-9-5-17(6-10-19)18-7-11-20(12-8-18)22(31)33-4/h5-12,16,21H,13-14H2,1-4H3. The molecule has 0 heterocycles. The van der Waals surface area contributed by atoms with E-state index >= 15 is 0 Å². The third kappa shape index (κ3) is 6.48. The van der Waals surface area contributed by atoms with E-state index in [-0.39, 0.29) is 18.0 Å². The molecule has 2 rings (SSSR count). The second-order valence-corrected chi connectivity index (χ2v) is 7.95. The van der Waals surface area contributed by atoms with Crippen LogP contribution in [-0.2, 0) is 4.74 Å². The number of nitriles is 1. The molecular weight excluding hydrogens is 435 g/mol.